The van der Waals surface area contributed by atoms with Gasteiger partial charge in [0.05, 0.1) is 0 Å². The minimum absolute atomic E-state index is 0.283. The van der Waals surface area contributed by atoms with Gasteiger partial charge < -0.3 is 5.32 Å². The first-order chi connectivity index (χ1) is 8.51. The van der Waals surface area contributed by atoms with Gasteiger partial charge in [-0.05, 0) is 30.5 Å². The van der Waals surface area contributed by atoms with E-state index in [2.05, 4.69) is 26.1 Å². The number of rotatable bonds is 7. The van der Waals surface area contributed by atoms with Gasteiger partial charge in [-0.2, -0.15) is 0 Å². The van der Waals surface area contributed by atoms with Crippen molar-refractivity contribution in [3.63, 3.8) is 0 Å². The largest absolute Gasteiger partial charge is 0.311 e. The summed E-state index contributed by atoms with van der Waals surface area (Å²) in [7, 11) is 0. The van der Waals surface area contributed by atoms with Gasteiger partial charge in [-0.3, -0.25) is 0 Å². The highest BCUT2D eigenvalue weighted by molar-refractivity contribution is 5.19. The summed E-state index contributed by atoms with van der Waals surface area (Å²) < 4.78 is 26.3. The van der Waals surface area contributed by atoms with E-state index >= 15 is 0 Å². The molecule has 18 heavy (non-hydrogen) atoms. The lowest BCUT2D eigenvalue weighted by Gasteiger charge is -2.21. The summed E-state index contributed by atoms with van der Waals surface area (Å²) >= 11 is 0. The zero-order valence-electron chi connectivity index (χ0n) is 11.5. The molecule has 102 valence electrons. The average molecular weight is 255 g/mol. The van der Waals surface area contributed by atoms with E-state index in [1.165, 1.54) is 12.1 Å². The van der Waals surface area contributed by atoms with E-state index in [-0.39, 0.29) is 6.04 Å². The van der Waals surface area contributed by atoms with E-state index in [1.807, 2.05) is 0 Å². The fourth-order valence-electron chi connectivity index (χ4n) is 2.18. The topological polar surface area (TPSA) is 12.0 Å². The van der Waals surface area contributed by atoms with Gasteiger partial charge in [0.1, 0.15) is 11.6 Å². The molecule has 1 unspecified atom stereocenters. The van der Waals surface area contributed by atoms with Crippen molar-refractivity contribution in [2.75, 3.05) is 0 Å². The SMILES string of the molecule is CCCCC(Cc1cc(F)cc(F)c1)NC(C)C. The number of halogens is 2. The van der Waals surface area contributed by atoms with E-state index in [4.69, 9.17) is 0 Å². The monoisotopic (exact) mass is 255 g/mol. The molecule has 0 aliphatic heterocycles. The molecule has 1 aromatic carbocycles. The van der Waals surface area contributed by atoms with Crippen LogP contribution in [-0.4, -0.2) is 12.1 Å². The van der Waals surface area contributed by atoms with Crippen LogP contribution in [0, 0.1) is 11.6 Å². The lowest BCUT2D eigenvalue weighted by Crippen LogP contribution is -2.36. The Labute approximate surface area is 109 Å². The maximum atomic E-state index is 13.1. The molecule has 1 rings (SSSR count). The van der Waals surface area contributed by atoms with Gasteiger partial charge in [0.25, 0.3) is 0 Å². The fraction of sp³-hybridized carbons (Fsp3) is 0.600. The Morgan fingerprint density at radius 2 is 1.72 bits per heavy atom. The van der Waals surface area contributed by atoms with Gasteiger partial charge in [-0.25, -0.2) is 8.78 Å². The molecule has 1 atom stereocenters. The van der Waals surface area contributed by atoms with E-state index in [1.54, 1.807) is 0 Å². The van der Waals surface area contributed by atoms with Gasteiger partial charge in [-0.15, -0.1) is 0 Å². The summed E-state index contributed by atoms with van der Waals surface area (Å²) in [4.78, 5) is 0. The first-order valence-electron chi connectivity index (χ1n) is 6.72. The summed E-state index contributed by atoms with van der Waals surface area (Å²) in [5.41, 5.74) is 0.724. The Morgan fingerprint density at radius 1 is 1.11 bits per heavy atom. The van der Waals surface area contributed by atoms with Gasteiger partial charge in [-0.1, -0.05) is 33.6 Å². The average Bonchev–Trinajstić information content (AvgIpc) is 2.23. The van der Waals surface area contributed by atoms with Gasteiger partial charge in [0, 0.05) is 18.2 Å². The molecule has 0 spiro atoms. The Hall–Kier alpha value is -0.960. The highest BCUT2D eigenvalue weighted by atomic mass is 19.1. The van der Waals surface area contributed by atoms with Crippen LogP contribution in [0.25, 0.3) is 0 Å². The molecule has 1 N–H and O–H groups in total. The molecule has 0 aliphatic rings. The molecule has 0 amide bonds. The van der Waals surface area contributed by atoms with Crippen LogP contribution in [-0.2, 0) is 6.42 Å². The van der Waals surface area contributed by atoms with Crippen LogP contribution in [0.1, 0.15) is 45.6 Å². The second-order valence-corrected chi connectivity index (χ2v) is 5.14. The third-order valence-corrected chi connectivity index (χ3v) is 2.88. The minimum Gasteiger partial charge on any atom is -0.311 e. The predicted octanol–water partition coefficient (Wildman–Crippen LogP) is 4.06. The van der Waals surface area contributed by atoms with Crippen LogP contribution >= 0.6 is 0 Å². The Bertz CT molecular complexity index is 343. The summed E-state index contributed by atoms with van der Waals surface area (Å²) in [6.07, 6.45) is 3.97. The van der Waals surface area contributed by atoms with Crippen LogP contribution in [0.15, 0.2) is 18.2 Å². The molecule has 0 saturated carbocycles. The number of unbranched alkanes of at least 4 members (excludes halogenated alkanes) is 1. The van der Waals surface area contributed by atoms with Crippen molar-refractivity contribution in [2.24, 2.45) is 0 Å². The minimum atomic E-state index is -0.496. The molecule has 1 nitrogen and oxygen atoms in total. The first kappa shape index (κ1) is 15.1. The zero-order chi connectivity index (χ0) is 13.5. The quantitative estimate of drug-likeness (QED) is 0.774. The molecule has 1 aromatic rings. The van der Waals surface area contributed by atoms with E-state index in [0.717, 1.165) is 30.9 Å². The molecule has 0 aliphatic carbocycles. The summed E-state index contributed by atoms with van der Waals surface area (Å²) in [6.45, 7) is 6.32. The van der Waals surface area contributed by atoms with Crippen molar-refractivity contribution in [3.8, 4) is 0 Å². The van der Waals surface area contributed by atoms with Gasteiger partial charge in [0.2, 0.25) is 0 Å². The fourth-order valence-corrected chi connectivity index (χ4v) is 2.18. The molecule has 0 bridgehead atoms. The summed E-state index contributed by atoms with van der Waals surface area (Å²) in [5.74, 6) is -0.993. The summed E-state index contributed by atoms with van der Waals surface area (Å²) in [5, 5.41) is 3.46. The van der Waals surface area contributed by atoms with Gasteiger partial charge >= 0.3 is 0 Å². The molecule has 0 radical (unpaired) electrons. The normalized spacial score (nSPS) is 13.0. The lowest BCUT2D eigenvalue weighted by atomic mass is 10.00. The van der Waals surface area contributed by atoms with E-state index in [9.17, 15) is 8.78 Å². The number of hydrogen-bond acceptors (Lipinski definition) is 1. The second-order valence-electron chi connectivity index (χ2n) is 5.14. The zero-order valence-corrected chi connectivity index (χ0v) is 11.5. The van der Waals surface area contributed by atoms with Crippen LogP contribution in [0.5, 0.6) is 0 Å². The molecule has 3 heteroatoms. The molecule has 0 saturated heterocycles. The highest BCUT2D eigenvalue weighted by Crippen LogP contribution is 2.13. The third kappa shape index (κ3) is 5.58. The first-order valence-corrected chi connectivity index (χ1v) is 6.72. The van der Waals surface area contributed by atoms with Crippen molar-refractivity contribution in [1.29, 1.82) is 0 Å². The Morgan fingerprint density at radius 3 is 2.22 bits per heavy atom. The van der Waals surface area contributed by atoms with Gasteiger partial charge in [0.15, 0.2) is 0 Å². The predicted molar refractivity (Wildman–Crippen MR) is 71.6 cm³/mol. The molecule has 0 fully saturated rings. The standard InChI is InChI=1S/C15H23F2N/c1-4-5-6-15(18-11(2)3)9-12-7-13(16)10-14(17)8-12/h7-8,10-11,15,18H,4-6,9H2,1-3H3. The third-order valence-electron chi connectivity index (χ3n) is 2.88. The Kier molecular flexibility index (Phi) is 6.27. The van der Waals surface area contributed by atoms with Crippen LogP contribution in [0.4, 0.5) is 8.78 Å². The number of benzene rings is 1. The lowest BCUT2D eigenvalue weighted by molar-refractivity contribution is 0.423. The van der Waals surface area contributed by atoms with Crippen molar-refractivity contribution >= 4 is 0 Å². The molecular weight excluding hydrogens is 232 g/mol. The molecule has 0 heterocycles. The number of nitrogens with one attached hydrogen (secondary N) is 1. The van der Waals surface area contributed by atoms with Crippen LogP contribution < -0.4 is 5.32 Å². The summed E-state index contributed by atoms with van der Waals surface area (Å²) in [6, 6.07) is 4.42. The van der Waals surface area contributed by atoms with Crippen molar-refractivity contribution in [3.05, 3.63) is 35.4 Å². The second kappa shape index (κ2) is 7.47. The van der Waals surface area contributed by atoms with E-state index in [0.29, 0.717) is 12.5 Å². The Balaban J connectivity index is 2.68. The number of hydrogen-bond donors (Lipinski definition) is 1. The van der Waals surface area contributed by atoms with Crippen molar-refractivity contribution in [2.45, 2.75) is 58.5 Å². The maximum Gasteiger partial charge on any atom is 0.126 e. The van der Waals surface area contributed by atoms with Crippen molar-refractivity contribution < 1.29 is 8.78 Å². The van der Waals surface area contributed by atoms with Crippen LogP contribution in [0.3, 0.4) is 0 Å². The van der Waals surface area contributed by atoms with Crippen LogP contribution in [0.2, 0.25) is 0 Å². The molecular formula is C15H23F2N. The highest BCUT2D eigenvalue weighted by Gasteiger charge is 2.11. The maximum absolute atomic E-state index is 13.1. The smallest absolute Gasteiger partial charge is 0.126 e. The molecule has 0 aromatic heterocycles. The van der Waals surface area contributed by atoms with E-state index < -0.39 is 11.6 Å². The van der Waals surface area contributed by atoms with Crippen molar-refractivity contribution in [1.82, 2.24) is 5.32 Å².